The maximum Gasteiger partial charge on any atom is 0.227 e. The van der Waals surface area contributed by atoms with Crippen LogP contribution in [0.3, 0.4) is 0 Å². The molecule has 1 heterocycles. The Labute approximate surface area is 120 Å². The third-order valence-corrected chi connectivity index (χ3v) is 3.76. The first-order valence-corrected chi connectivity index (χ1v) is 7.22. The normalized spacial score (nSPS) is 11.2. The van der Waals surface area contributed by atoms with E-state index in [-0.39, 0.29) is 17.6 Å². The van der Waals surface area contributed by atoms with Crippen LogP contribution in [0.4, 0.5) is 0 Å². The number of halogens is 1. The molecule has 0 saturated carbocycles. The molecule has 2 rings (SSSR count). The van der Waals surface area contributed by atoms with Gasteiger partial charge < -0.3 is 5.73 Å². The summed E-state index contributed by atoms with van der Waals surface area (Å²) in [7, 11) is 0. The maximum atomic E-state index is 10.9. The van der Waals surface area contributed by atoms with E-state index < -0.39 is 0 Å². The van der Waals surface area contributed by atoms with E-state index in [2.05, 4.69) is 9.97 Å². The number of amides is 1. The second kappa shape index (κ2) is 5.75. The summed E-state index contributed by atoms with van der Waals surface area (Å²) in [6.07, 6.45) is 0. The number of thioether (sulfide) groups is 1. The first kappa shape index (κ1) is 14.1. The van der Waals surface area contributed by atoms with E-state index >= 15 is 0 Å². The molecule has 0 saturated heterocycles. The molecule has 2 N–H and O–H groups in total. The zero-order chi connectivity index (χ0) is 14.0. The van der Waals surface area contributed by atoms with E-state index in [0.29, 0.717) is 5.02 Å². The summed E-state index contributed by atoms with van der Waals surface area (Å²) >= 11 is 7.31. The highest BCUT2D eigenvalue weighted by molar-refractivity contribution is 8.00. The summed E-state index contributed by atoms with van der Waals surface area (Å²) in [5, 5.41) is 2.22. The van der Waals surface area contributed by atoms with Crippen LogP contribution >= 0.6 is 23.4 Å². The van der Waals surface area contributed by atoms with Crippen molar-refractivity contribution in [2.45, 2.75) is 24.8 Å². The molecule has 0 radical (unpaired) electrons. The van der Waals surface area contributed by atoms with Gasteiger partial charge in [-0.25, -0.2) is 9.97 Å². The Morgan fingerprint density at radius 3 is 2.79 bits per heavy atom. The van der Waals surface area contributed by atoms with Crippen molar-refractivity contribution >= 4 is 40.2 Å². The number of carbonyl (C=O) groups is 1. The van der Waals surface area contributed by atoms with Gasteiger partial charge in [-0.3, -0.25) is 4.79 Å². The molecule has 0 aliphatic carbocycles. The number of benzene rings is 1. The van der Waals surface area contributed by atoms with Crippen LogP contribution in [0.25, 0.3) is 10.9 Å². The molecule has 0 bridgehead atoms. The Morgan fingerprint density at radius 1 is 1.42 bits per heavy atom. The summed E-state index contributed by atoms with van der Waals surface area (Å²) in [6.45, 7) is 4.05. The number of nitrogens with zero attached hydrogens (tertiary/aromatic N) is 2. The van der Waals surface area contributed by atoms with Gasteiger partial charge in [0.2, 0.25) is 5.91 Å². The fraction of sp³-hybridized carbons (Fsp3) is 0.308. The monoisotopic (exact) mass is 295 g/mol. The van der Waals surface area contributed by atoms with E-state index in [1.54, 1.807) is 6.07 Å². The quantitative estimate of drug-likeness (QED) is 0.695. The van der Waals surface area contributed by atoms with Gasteiger partial charge in [0, 0.05) is 16.3 Å². The highest BCUT2D eigenvalue weighted by Gasteiger charge is 2.12. The third-order valence-electron chi connectivity index (χ3n) is 2.51. The highest BCUT2D eigenvalue weighted by atomic mass is 35.5. The fourth-order valence-corrected chi connectivity index (χ4v) is 2.53. The van der Waals surface area contributed by atoms with Gasteiger partial charge in [0.1, 0.15) is 10.9 Å². The molecule has 0 unspecified atom stereocenters. The van der Waals surface area contributed by atoms with E-state index in [4.69, 9.17) is 17.3 Å². The predicted octanol–water partition coefficient (Wildman–Crippen LogP) is 2.98. The van der Waals surface area contributed by atoms with Gasteiger partial charge in [-0.2, -0.15) is 0 Å². The van der Waals surface area contributed by atoms with Gasteiger partial charge >= 0.3 is 0 Å². The minimum absolute atomic E-state index is 0.191. The standard InChI is InChI=1S/C13H14ClN3OS/c1-7(2)12-16-10-4-3-8(14)5-9(10)13(17-12)19-6-11(15)18/h3-5,7H,6H2,1-2H3,(H2,15,18). The van der Waals surface area contributed by atoms with Crippen LogP contribution in [0.15, 0.2) is 23.2 Å². The summed E-state index contributed by atoms with van der Waals surface area (Å²) in [5.41, 5.74) is 6.01. The van der Waals surface area contributed by atoms with Crippen LogP contribution in [0.1, 0.15) is 25.6 Å². The molecule has 1 aromatic heterocycles. The molecule has 1 amide bonds. The van der Waals surface area contributed by atoms with Crippen LogP contribution < -0.4 is 5.73 Å². The Morgan fingerprint density at radius 2 is 2.16 bits per heavy atom. The van der Waals surface area contributed by atoms with Gasteiger partial charge in [0.15, 0.2) is 0 Å². The van der Waals surface area contributed by atoms with Gasteiger partial charge in [-0.1, -0.05) is 37.2 Å². The third kappa shape index (κ3) is 3.36. The van der Waals surface area contributed by atoms with Gasteiger partial charge in [0.25, 0.3) is 0 Å². The van der Waals surface area contributed by atoms with Crippen molar-refractivity contribution < 1.29 is 4.79 Å². The number of carbonyl (C=O) groups excluding carboxylic acids is 1. The van der Waals surface area contributed by atoms with Crippen molar-refractivity contribution in [3.63, 3.8) is 0 Å². The Kier molecular flexibility index (Phi) is 4.27. The molecule has 6 heteroatoms. The van der Waals surface area contributed by atoms with Crippen molar-refractivity contribution in [3.05, 3.63) is 29.0 Å². The first-order chi connectivity index (χ1) is 8.97. The van der Waals surface area contributed by atoms with E-state index in [0.717, 1.165) is 21.8 Å². The maximum absolute atomic E-state index is 10.9. The molecule has 100 valence electrons. The molecule has 2 aromatic rings. The van der Waals surface area contributed by atoms with Crippen molar-refractivity contribution in [2.24, 2.45) is 5.73 Å². The summed E-state index contributed by atoms with van der Waals surface area (Å²) in [4.78, 5) is 19.9. The lowest BCUT2D eigenvalue weighted by Crippen LogP contribution is -2.13. The Balaban J connectivity index is 2.55. The molecule has 0 aliphatic heterocycles. The highest BCUT2D eigenvalue weighted by Crippen LogP contribution is 2.29. The van der Waals surface area contributed by atoms with Crippen LogP contribution in [0.5, 0.6) is 0 Å². The van der Waals surface area contributed by atoms with Crippen molar-refractivity contribution in [2.75, 3.05) is 5.75 Å². The molecule has 0 atom stereocenters. The average Bonchev–Trinajstić information content (AvgIpc) is 2.35. The lowest BCUT2D eigenvalue weighted by molar-refractivity contribution is -0.115. The Hall–Kier alpha value is -1.33. The number of primary amides is 1. The largest absolute Gasteiger partial charge is 0.369 e. The zero-order valence-corrected chi connectivity index (χ0v) is 12.3. The number of fused-ring (bicyclic) bond motifs is 1. The Bertz CT molecular complexity index is 631. The molecule has 4 nitrogen and oxygen atoms in total. The lowest BCUT2D eigenvalue weighted by atomic mass is 10.2. The number of nitrogens with two attached hydrogens (primary N) is 1. The predicted molar refractivity (Wildman–Crippen MR) is 78.6 cm³/mol. The molecular formula is C13H14ClN3OS. The van der Waals surface area contributed by atoms with Crippen LogP contribution in [0, 0.1) is 0 Å². The fourth-order valence-electron chi connectivity index (χ4n) is 1.60. The molecule has 1 aromatic carbocycles. The smallest absolute Gasteiger partial charge is 0.227 e. The number of hydrogen-bond donors (Lipinski definition) is 1. The van der Waals surface area contributed by atoms with E-state index in [9.17, 15) is 4.79 Å². The second-order valence-corrected chi connectivity index (χ2v) is 5.86. The van der Waals surface area contributed by atoms with Crippen molar-refractivity contribution in [3.8, 4) is 0 Å². The number of hydrogen-bond acceptors (Lipinski definition) is 4. The molecule has 0 fully saturated rings. The molecular weight excluding hydrogens is 282 g/mol. The van der Waals surface area contributed by atoms with Crippen LogP contribution in [0.2, 0.25) is 5.02 Å². The van der Waals surface area contributed by atoms with Crippen molar-refractivity contribution in [1.29, 1.82) is 0 Å². The SMILES string of the molecule is CC(C)c1nc(SCC(N)=O)c2cc(Cl)ccc2n1. The van der Waals surface area contributed by atoms with Gasteiger partial charge in [0.05, 0.1) is 11.3 Å². The molecule has 0 spiro atoms. The topological polar surface area (TPSA) is 68.9 Å². The van der Waals surface area contributed by atoms with Crippen LogP contribution in [-0.4, -0.2) is 21.6 Å². The van der Waals surface area contributed by atoms with Crippen LogP contribution in [-0.2, 0) is 4.79 Å². The summed E-state index contributed by atoms with van der Waals surface area (Å²) in [5.74, 6) is 0.788. The zero-order valence-electron chi connectivity index (χ0n) is 10.7. The van der Waals surface area contributed by atoms with Gasteiger partial charge in [-0.05, 0) is 18.2 Å². The lowest BCUT2D eigenvalue weighted by Gasteiger charge is -2.10. The van der Waals surface area contributed by atoms with E-state index in [1.165, 1.54) is 11.8 Å². The minimum atomic E-state index is -0.370. The second-order valence-electron chi connectivity index (χ2n) is 4.46. The summed E-state index contributed by atoms with van der Waals surface area (Å²) in [6, 6.07) is 5.47. The first-order valence-electron chi connectivity index (χ1n) is 5.85. The number of aromatic nitrogens is 2. The van der Waals surface area contributed by atoms with Gasteiger partial charge in [-0.15, -0.1) is 0 Å². The van der Waals surface area contributed by atoms with E-state index in [1.807, 2.05) is 26.0 Å². The number of rotatable bonds is 4. The minimum Gasteiger partial charge on any atom is -0.369 e. The molecule has 0 aliphatic rings. The summed E-state index contributed by atoms with van der Waals surface area (Å²) < 4.78 is 0. The van der Waals surface area contributed by atoms with Crippen molar-refractivity contribution in [1.82, 2.24) is 9.97 Å². The average molecular weight is 296 g/mol. The molecule has 19 heavy (non-hydrogen) atoms.